The van der Waals surface area contributed by atoms with Crippen molar-refractivity contribution >= 4 is 54.9 Å². The van der Waals surface area contributed by atoms with Crippen molar-refractivity contribution in [2.45, 2.75) is 4.90 Å². The predicted molar refractivity (Wildman–Crippen MR) is 124 cm³/mol. The van der Waals surface area contributed by atoms with Crippen molar-refractivity contribution in [3.8, 4) is 0 Å². The van der Waals surface area contributed by atoms with E-state index in [1.165, 1.54) is 0 Å². The van der Waals surface area contributed by atoms with E-state index in [-0.39, 0.29) is 70.2 Å². The molecule has 178 valence electrons. The van der Waals surface area contributed by atoms with E-state index in [1.807, 2.05) is 18.2 Å². The van der Waals surface area contributed by atoms with Gasteiger partial charge in [-0.25, -0.2) is 16.8 Å². The van der Waals surface area contributed by atoms with E-state index in [1.54, 1.807) is 36.4 Å². The minimum absolute atomic E-state index is 0. The molecule has 0 saturated carbocycles. The van der Waals surface area contributed by atoms with Gasteiger partial charge >= 0.3 is 59.1 Å². The molecular formula is C22H14N4Na2O7S2. The molecule has 1 aliphatic rings. The van der Waals surface area contributed by atoms with E-state index in [0.717, 1.165) is 24.3 Å². The number of Topliss-reactive ketones (excluding diaryl/α,β-unsaturated/α-hetero) is 1. The van der Waals surface area contributed by atoms with Crippen LogP contribution >= 0.6 is 0 Å². The predicted octanol–water partition coefficient (Wildman–Crippen LogP) is -2.70. The number of fused-ring (bicyclic) bond motifs is 1. The number of nitrogens with one attached hydrogen (secondary N) is 1. The number of rotatable bonds is 6. The minimum atomic E-state index is -5.21. The Bertz CT molecular complexity index is 1620. The third-order valence-corrected chi connectivity index (χ3v) is 6.44. The molecule has 0 fully saturated rings. The monoisotopic (exact) mass is 556 g/mol. The number of hydrazone groups is 1. The molecule has 15 heteroatoms. The van der Waals surface area contributed by atoms with Gasteiger partial charge in [-0.05, 0) is 60.2 Å². The first-order chi connectivity index (χ1) is 16.5. The first kappa shape index (κ1) is 31.2. The number of benzene rings is 3. The topological polar surface area (TPSA) is 181 Å². The van der Waals surface area contributed by atoms with Gasteiger partial charge in [0, 0.05) is 5.56 Å². The second-order valence-corrected chi connectivity index (χ2v) is 9.88. The first-order valence-corrected chi connectivity index (χ1v) is 12.6. The van der Waals surface area contributed by atoms with E-state index >= 15 is 0 Å². The van der Waals surface area contributed by atoms with Crippen molar-refractivity contribution in [2.24, 2.45) is 15.3 Å². The van der Waals surface area contributed by atoms with E-state index < -0.39 is 41.5 Å². The Morgan fingerprint density at radius 1 is 0.730 bits per heavy atom. The van der Waals surface area contributed by atoms with E-state index in [4.69, 9.17) is 0 Å². The van der Waals surface area contributed by atoms with Gasteiger partial charge < -0.3 is 9.11 Å². The van der Waals surface area contributed by atoms with Crippen molar-refractivity contribution in [2.75, 3.05) is 5.43 Å². The van der Waals surface area contributed by atoms with Crippen LogP contribution in [0.2, 0.25) is 0 Å². The Balaban J connectivity index is 0.00000241. The second kappa shape index (κ2) is 12.7. The Morgan fingerprint density at radius 3 is 1.89 bits per heavy atom. The van der Waals surface area contributed by atoms with Gasteiger partial charge in [0.15, 0.2) is 0 Å². The number of azo groups is 1. The maximum absolute atomic E-state index is 12.7. The zero-order chi connectivity index (χ0) is 25.2. The number of nitrogens with zero attached hydrogens (tertiary/aromatic N) is 3. The molecule has 0 radical (unpaired) electrons. The minimum Gasteiger partial charge on any atom is -0.744 e. The quantitative estimate of drug-likeness (QED) is 0.147. The fraction of sp³-hybridized carbons (Fsp3) is 0. The van der Waals surface area contributed by atoms with E-state index in [9.17, 15) is 30.7 Å². The van der Waals surface area contributed by atoms with Gasteiger partial charge in [-0.15, -0.1) is 0 Å². The smallest absolute Gasteiger partial charge is 0.744 e. The molecule has 0 aromatic heterocycles. The zero-order valence-corrected chi connectivity index (χ0v) is 25.2. The molecule has 1 aliphatic carbocycles. The van der Waals surface area contributed by atoms with Gasteiger partial charge in [-0.3, -0.25) is 10.2 Å². The van der Waals surface area contributed by atoms with Gasteiger partial charge in [-0.1, -0.05) is 24.3 Å². The van der Waals surface area contributed by atoms with Crippen molar-refractivity contribution in [1.29, 1.82) is 0 Å². The summed E-state index contributed by atoms with van der Waals surface area (Å²) in [4.78, 5) is 10.9. The summed E-state index contributed by atoms with van der Waals surface area (Å²) in [6.07, 6.45) is 0.722. The summed E-state index contributed by atoms with van der Waals surface area (Å²) >= 11 is 0. The van der Waals surface area contributed by atoms with Gasteiger partial charge in [0.25, 0.3) is 0 Å². The Morgan fingerprint density at radius 2 is 1.32 bits per heavy atom. The molecule has 0 saturated heterocycles. The molecule has 3 aromatic carbocycles. The Hall–Kier alpha value is -2.04. The van der Waals surface area contributed by atoms with Crippen molar-refractivity contribution in [3.63, 3.8) is 0 Å². The zero-order valence-electron chi connectivity index (χ0n) is 19.5. The first-order valence-electron chi connectivity index (χ1n) is 9.75. The third kappa shape index (κ3) is 7.74. The molecule has 0 unspecified atom stereocenters. The molecule has 0 bridgehead atoms. The number of hydrogen-bond donors (Lipinski definition) is 1. The number of carbonyl (C=O) groups excluding carboxylic acids is 1. The van der Waals surface area contributed by atoms with Crippen LogP contribution in [0, 0.1) is 0 Å². The molecule has 0 heterocycles. The van der Waals surface area contributed by atoms with Crippen molar-refractivity contribution in [1.82, 2.24) is 0 Å². The molecular weight excluding hydrogens is 542 g/mol. The van der Waals surface area contributed by atoms with Crippen LogP contribution in [-0.4, -0.2) is 37.4 Å². The van der Waals surface area contributed by atoms with Crippen molar-refractivity contribution in [3.05, 3.63) is 88.8 Å². The average molecular weight is 556 g/mol. The summed E-state index contributed by atoms with van der Waals surface area (Å²) in [5.41, 5.74) is 3.64. The fourth-order valence-corrected chi connectivity index (χ4v) is 4.21. The van der Waals surface area contributed by atoms with Crippen LogP contribution in [-0.2, 0) is 25.0 Å². The Kier molecular flexibility index (Phi) is 10.7. The maximum atomic E-state index is 12.7. The molecule has 11 nitrogen and oxygen atoms in total. The number of anilines is 1. The van der Waals surface area contributed by atoms with Crippen LogP contribution < -0.4 is 64.5 Å². The SMILES string of the molecule is O=C1C(S(=O)(=O)[O-])=Cc2cc(S(=O)(=O)[O-])ccc2/C1=N/Nc1ccc(N=Nc2ccccc2)cc1.[Na+].[Na+]. The molecule has 0 aliphatic heterocycles. The number of carbonyl (C=O) groups is 1. The largest absolute Gasteiger partial charge is 1.00 e. The summed E-state index contributed by atoms with van der Waals surface area (Å²) in [5.74, 6) is -1.17. The molecule has 37 heavy (non-hydrogen) atoms. The van der Waals surface area contributed by atoms with Crippen LogP contribution in [0.5, 0.6) is 0 Å². The molecule has 3 aromatic rings. The molecule has 4 rings (SSSR count). The van der Waals surface area contributed by atoms with Gasteiger partial charge in [-0.2, -0.15) is 15.3 Å². The summed E-state index contributed by atoms with van der Waals surface area (Å²) in [5, 5.41) is 12.1. The van der Waals surface area contributed by atoms with Crippen molar-refractivity contribution < 1.29 is 89.9 Å². The van der Waals surface area contributed by atoms with Crippen LogP contribution in [0.1, 0.15) is 11.1 Å². The molecule has 0 spiro atoms. The summed E-state index contributed by atoms with van der Waals surface area (Å²) in [7, 11) is -10.1. The van der Waals surface area contributed by atoms with Gasteiger partial charge in [0.05, 0.1) is 22.0 Å². The fourth-order valence-electron chi connectivity index (χ4n) is 3.11. The Labute approximate surface area is 256 Å². The van der Waals surface area contributed by atoms with Crippen LogP contribution in [0.15, 0.2) is 97.9 Å². The standard InChI is InChI=1S/C22H16N4O7S2.2Na/c27-22-20(35(31,32)33)13-14-12-18(34(28,29)30)10-11-19(14)21(22)26-25-17-8-6-16(7-9-17)24-23-15-4-2-1-3-5-15;;/h1-13,25H,(H,28,29,30)(H,31,32,33);;/q;2*+1/p-2/b24-23?,26-21-;;. The van der Waals surface area contributed by atoms with E-state index in [0.29, 0.717) is 17.1 Å². The van der Waals surface area contributed by atoms with Gasteiger partial charge in [0.1, 0.15) is 30.9 Å². The number of hydrogen-bond acceptors (Lipinski definition) is 11. The molecule has 0 amide bonds. The van der Waals surface area contributed by atoms with Crippen LogP contribution in [0.4, 0.5) is 17.1 Å². The number of ketones is 1. The summed E-state index contributed by atoms with van der Waals surface area (Å²) in [6, 6.07) is 18.4. The van der Waals surface area contributed by atoms with Crippen LogP contribution in [0.3, 0.4) is 0 Å². The molecule has 1 N–H and O–H groups in total. The average Bonchev–Trinajstić information content (AvgIpc) is 2.81. The summed E-state index contributed by atoms with van der Waals surface area (Å²) in [6.45, 7) is 0. The summed E-state index contributed by atoms with van der Waals surface area (Å²) < 4.78 is 68.8. The van der Waals surface area contributed by atoms with Gasteiger partial charge in [0.2, 0.25) is 5.78 Å². The normalized spacial score (nSPS) is 14.4. The second-order valence-electron chi connectivity index (χ2n) is 7.15. The van der Waals surface area contributed by atoms with E-state index in [2.05, 4.69) is 20.8 Å². The molecule has 0 atom stereocenters. The van der Waals surface area contributed by atoms with Crippen LogP contribution in [0.25, 0.3) is 6.08 Å². The number of allylic oxidation sites excluding steroid dienone is 1. The maximum Gasteiger partial charge on any atom is 1.00 e. The third-order valence-electron chi connectivity index (χ3n) is 4.76.